The van der Waals surface area contributed by atoms with Crippen LogP contribution in [0.1, 0.15) is 56.4 Å². The van der Waals surface area contributed by atoms with E-state index in [1.807, 2.05) is 24.3 Å². The maximum absolute atomic E-state index is 6.67. The molecule has 0 N–H and O–H groups in total. The number of ether oxygens (including phenoxy) is 2. The lowest BCUT2D eigenvalue weighted by Crippen LogP contribution is -2.55. The molecule has 5 nitrogen and oxygen atoms in total. The first-order valence-electron chi connectivity index (χ1n) is 9.47. The molecule has 3 heterocycles. The van der Waals surface area contributed by atoms with Gasteiger partial charge in [0.25, 0.3) is 0 Å². The van der Waals surface area contributed by atoms with Crippen LogP contribution in [0.3, 0.4) is 0 Å². The van der Waals surface area contributed by atoms with Crippen LogP contribution in [0.25, 0.3) is 0 Å². The predicted molar refractivity (Wildman–Crippen MR) is 98.4 cm³/mol. The highest BCUT2D eigenvalue weighted by Gasteiger charge is 2.52. The topological polar surface area (TPSA) is 47.2 Å². The monoisotopic (exact) mass is 352 g/mol. The summed E-state index contributed by atoms with van der Waals surface area (Å²) in [5, 5.41) is 7.22. The molecule has 5 heteroatoms. The zero-order valence-electron chi connectivity index (χ0n) is 15.3. The van der Waals surface area contributed by atoms with Gasteiger partial charge in [0.15, 0.2) is 17.2 Å². The Balaban J connectivity index is 1.62. The summed E-state index contributed by atoms with van der Waals surface area (Å²) in [5.41, 5.74) is 1.77. The smallest absolute Gasteiger partial charge is 0.198 e. The average molecular weight is 352 g/mol. The Morgan fingerprint density at radius 3 is 2.77 bits per heavy atom. The molecule has 1 aliphatic carbocycles. The van der Waals surface area contributed by atoms with E-state index < -0.39 is 0 Å². The number of furan rings is 1. The fourth-order valence-electron chi connectivity index (χ4n) is 4.57. The molecule has 1 aromatic heterocycles. The van der Waals surface area contributed by atoms with Crippen LogP contribution in [-0.2, 0) is 0 Å². The summed E-state index contributed by atoms with van der Waals surface area (Å²) in [6.07, 6.45) is 6.81. The minimum absolute atomic E-state index is 0.169. The zero-order chi connectivity index (χ0) is 17.7. The molecular weight excluding hydrogens is 328 g/mol. The van der Waals surface area contributed by atoms with Gasteiger partial charge in [0.2, 0.25) is 0 Å². The van der Waals surface area contributed by atoms with Crippen molar-refractivity contribution in [3.8, 4) is 11.5 Å². The zero-order valence-corrected chi connectivity index (χ0v) is 15.3. The number of methoxy groups -OCH3 is 1. The van der Waals surface area contributed by atoms with Crippen LogP contribution in [-0.4, -0.2) is 23.6 Å². The SMILES string of the molecule is COc1cccc2c1OC1(CCC(C)CC1)N1N=C(c3ccco3)C[C@@H]21. The van der Waals surface area contributed by atoms with E-state index in [9.17, 15) is 0 Å². The number of rotatable bonds is 2. The summed E-state index contributed by atoms with van der Waals surface area (Å²) in [5.74, 6) is 3.29. The molecule has 0 saturated heterocycles. The first kappa shape index (κ1) is 15.8. The van der Waals surface area contributed by atoms with Gasteiger partial charge in [-0.1, -0.05) is 19.1 Å². The van der Waals surface area contributed by atoms with Crippen LogP contribution < -0.4 is 9.47 Å². The lowest BCUT2D eigenvalue weighted by atomic mass is 9.82. The third-order valence-corrected chi connectivity index (χ3v) is 6.07. The average Bonchev–Trinajstić information content (AvgIpc) is 3.34. The minimum atomic E-state index is -0.382. The molecule has 26 heavy (non-hydrogen) atoms. The van der Waals surface area contributed by atoms with E-state index in [2.05, 4.69) is 18.0 Å². The van der Waals surface area contributed by atoms with Crippen molar-refractivity contribution >= 4 is 5.71 Å². The minimum Gasteiger partial charge on any atom is -0.493 e. The van der Waals surface area contributed by atoms with Crippen molar-refractivity contribution in [3.63, 3.8) is 0 Å². The van der Waals surface area contributed by atoms with E-state index in [1.165, 1.54) is 0 Å². The third-order valence-electron chi connectivity index (χ3n) is 6.07. The molecule has 2 aromatic rings. The Labute approximate surface area is 153 Å². The van der Waals surface area contributed by atoms with Crippen LogP contribution in [0.2, 0.25) is 0 Å². The normalized spacial score (nSPS) is 29.8. The molecule has 1 aromatic carbocycles. The number of para-hydroxylation sites is 1. The molecule has 5 rings (SSSR count). The van der Waals surface area contributed by atoms with E-state index in [4.69, 9.17) is 19.0 Å². The van der Waals surface area contributed by atoms with Gasteiger partial charge in [-0.25, -0.2) is 5.01 Å². The molecule has 0 unspecified atom stereocenters. The fourth-order valence-corrected chi connectivity index (χ4v) is 4.57. The standard InChI is InChI=1S/C21H24N2O3/c1-14-8-10-21(11-9-14)23-17(13-16(22-23)18-7-4-12-25-18)15-5-3-6-19(24-2)20(15)26-21/h3-7,12,14,17H,8-11,13H2,1-2H3/t14?,17-,21?/m0/s1. The molecule has 1 saturated carbocycles. The van der Waals surface area contributed by atoms with Crippen LogP contribution in [0.4, 0.5) is 0 Å². The molecule has 2 aliphatic heterocycles. The van der Waals surface area contributed by atoms with E-state index in [0.717, 1.165) is 66.6 Å². The first-order chi connectivity index (χ1) is 12.7. The molecule has 3 aliphatic rings. The third kappa shape index (κ3) is 2.26. The summed E-state index contributed by atoms with van der Waals surface area (Å²) in [6, 6.07) is 10.2. The van der Waals surface area contributed by atoms with Crippen LogP contribution in [0.15, 0.2) is 46.1 Å². The number of hydrogen-bond donors (Lipinski definition) is 0. The Morgan fingerprint density at radius 2 is 2.04 bits per heavy atom. The molecule has 0 amide bonds. The highest BCUT2D eigenvalue weighted by molar-refractivity contribution is 5.99. The van der Waals surface area contributed by atoms with Gasteiger partial charge in [-0.3, -0.25) is 0 Å². The van der Waals surface area contributed by atoms with Crippen molar-refractivity contribution in [1.29, 1.82) is 0 Å². The Kier molecular flexibility index (Phi) is 3.52. The Hall–Kier alpha value is -2.43. The van der Waals surface area contributed by atoms with E-state index in [-0.39, 0.29) is 11.8 Å². The lowest BCUT2D eigenvalue weighted by Gasteiger charge is -2.50. The maximum atomic E-state index is 6.67. The van der Waals surface area contributed by atoms with Crippen molar-refractivity contribution in [1.82, 2.24) is 5.01 Å². The maximum Gasteiger partial charge on any atom is 0.198 e. The second-order valence-corrected chi connectivity index (χ2v) is 7.70. The van der Waals surface area contributed by atoms with Crippen molar-refractivity contribution < 1.29 is 13.9 Å². The summed E-state index contributed by atoms with van der Waals surface area (Å²) < 4.78 is 17.9. The summed E-state index contributed by atoms with van der Waals surface area (Å²) in [6.45, 7) is 2.32. The van der Waals surface area contributed by atoms with Gasteiger partial charge < -0.3 is 13.9 Å². The van der Waals surface area contributed by atoms with Crippen molar-refractivity contribution in [2.45, 2.75) is 50.8 Å². The number of hydrazone groups is 1. The molecule has 0 bridgehead atoms. The number of nitrogens with zero attached hydrogens (tertiary/aromatic N) is 2. The van der Waals surface area contributed by atoms with Gasteiger partial charge in [-0.15, -0.1) is 0 Å². The lowest BCUT2D eigenvalue weighted by molar-refractivity contribution is -0.146. The number of benzene rings is 1. The molecule has 0 radical (unpaired) electrons. The molecule has 1 fully saturated rings. The quantitative estimate of drug-likeness (QED) is 0.783. The van der Waals surface area contributed by atoms with Gasteiger partial charge in [-0.05, 0) is 37.0 Å². The van der Waals surface area contributed by atoms with Crippen molar-refractivity contribution in [3.05, 3.63) is 47.9 Å². The summed E-state index contributed by atoms with van der Waals surface area (Å²) >= 11 is 0. The molecule has 136 valence electrons. The van der Waals surface area contributed by atoms with E-state index in [1.54, 1.807) is 13.4 Å². The highest BCUT2D eigenvalue weighted by Crippen LogP contribution is 2.54. The van der Waals surface area contributed by atoms with E-state index in [0.29, 0.717) is 0 Å². The molecular formula is C21H24N2O3. The summed E-state index contributed by atoms with van der Waals surface area (Å²) in [7, 11) is 1.71. The van der Waals surface area contributed by atoms with Gasteiger partial charge in [0, 0.05) is 24.8 Å². The predicted octanol–water partition coefficient (Wildman–Crippen LogP) is 4.74. The van der Waals surface area contributed by atoms with Crippen molar-refractivity contribution in [2.24, 2.45) is 11.0 Å². The molecule has 1 spiro atoms. The van der Waals surface area contributed by atoms with Crippen LogP contribution in [0.5, 0.6) is 11.5 Å². The largest absolute Gasteiger partial charge is 0.493 e. The fraction of sp³-hybridized carbons (Fsp3) is 0.476. The Bertz CT molecular complexity index is 835. The van der Waals surface area contributed by atoms with Gasteiger partial charge in [-0.2, -0.15) is 5.10 Å². The van der Waals surface area contributed by atoms with Crippen LogP contribution >= 0.6 is 0 Å². The van der Waals surface area contributed by atoms with Crippen molar-refractivity contribution in [2.75, 3.05) is 7.11 Å². The van der Waals surface area contributed by atoms with Gasteiger partial charge >= 0.3 is 0 Å². The summed E-state index contributed by atoms with van der Waals surface area (Å²) in [4.78, 5) is 0. The second kappa shape index (κ2) is 5.79. The van der Waals surface area contributed by atoms with Gasteiger partial charge in [0.1, 0.15) is 11.5 Å². The second-order valence-electron chi connectivity index (χ2n) is 7.70. The first-order valence-corrected chi connectivity index (χ1v) is 9.47. The van der Waals surface area contributed by atoms with Crippen LogP contribution in [0, 0.1) is 5.92 Å². The molecule has 1 atom stereocenters. The van der Waals surface area contributed by atoms with Gasteiger partial charge in [0.05, 0.1) is 19.4 Å². The number of fused-ring (bicyclic) bond motifs is 4. The Morgan fingerprint density at radius 1 is 1.19 bits per heavy atom. The van der Waals surface area contributed by atoms with E-state index >= 15 is 0 Å². The highest BCUT2D eigenvalue weighted by atomic mass is 16.5. The number of hydrogen-bond acceptors (Lipinski definition) is 5.